The molecular formula is C46H92N2O2. The van der Waals surface area contributed by atoms with E-state index in [2.05, 4.69) is 31.4 Å². The van der Waals surface area contributed by atoms with Gasteiger partial charge < -0.3 is 10.6 Å². The molecule has 2 N–H and O–H groups in total. The minimum atomic E-state index is 0.209. The number of hydrogen-bond acceptors (Lipinski definition) is 2. The Morgan fingerprint density at radius 3 is 0.960 bits per heavy atom. The van der Waals surface area contributed by atoms with Gasteiger partial charge in [-0.3, -0.25) is 9.59 Å². The van der Waals surface area contributed by atoms with Crippen molar-refractivity contribution in [2.75, 3.05) is 6.54 Å². The highest BCUT2D eigenvalue weighted by Gasteiger charge is 2.08. The molecule has 0 aromatic heterocycles. The Hall–Kier alpha value is -1.06. The molecule has 298 valence electrons. The molecule has 0 aliphatic heterocycles. The van der Waals surface area contributed by atoms with Crippen LogP contribution in [-0.2, 0) is 9.59 Å². The molecule has 0 bridgehead atoms. The summed E-state index contributed by atoms with van der Waals surface area (Å²) in [6.07, 6.45) is 50.8. The Bertz CT molecular complexity index is 681. The first kappa shape index (κ1) is 48.9. The monoisotopic (exact) mass is 705 g/mol. The molecule has 0 rings (SSSR count). The van der Waals surface area contributed by atoms with Crippen molar-refractivity contribution in [2.45, 2.75) is 277 Å². The van der Waals surface area contributed by atoms with Crippen LogP contribution in [0.15, 0.2) is 0 Å². The summed E-state index contributed by atoms with van der Waals surface area (Å²) >= 11 is 0. The summed E-state index contributed by atoms with van der Waals surface area (Å²) in [7, 11) is 0. The topological polar surface area (TPSA) is 58.2 Å². The van der Waals surface area contributed by atoms with Crippen LogP contribution in [0, 0.1) is 0 Å². The maximum atomic E-state index is 12.3. The summed E-state index contributed by atoms with van der Waals surface area (Å²) < 4.78 is 0. The molecule has 4 nitrogen and oxygen atoms in total. The maximum Gasteiger partial charge on any atom is 0.220 e. The highest BCUT2D eigenvalue weighted by atomic mass is 16.2. The Balaban J connectivity index is 3.34. The lowest BCUT2D eigenvalue weighted by atomic mass is 10.0. The van der Waals surface area contributed by atoms with Crippen LogP contribution < -0.4 is 10.6 Å². The molecule has 0 fully saturated rings. The molecule has 0 unspecified atom stereocenters. The SMILES string of the molecule is CCCCCCCCCCCCCCCCCCCC(=O)NCCCC[C@@H](C)NC(=O)CCCCCCCCCCCCCCCCCCC. The van der Waals surface area contributed by atoms with Crippen LogP contribution in [0.4, 0.5) is 0 Å². The van der Waals surface area contributed by atoms with Crippen molar-refractivity contribution >= 4 is 11.8 Å². The molecule has 0 aliphatic rings. The number of amides is 2. The van der Waals surface area contributed by atoms with Crippen LogP contribution in [0.25, 0.3) is 0 Å². The molecule has 0 aromatic carbocycles. The van der Waals surface area contributed by atoms with Crippen LogP contribution in [0.3, 0.4) is 0 Å². The lowest BCUT2D eigenvalue weighted by Gasteiger charge is -2.14. The van der Waals surface area contributed by atoms with E-state index in [0.717, 1.165) is 38.6 Å². The summed E-state index contributed by atoms with van der Waals surface area (Å²) in [6.45, 7) is 7.46. The molecule has 0 radical (unpaired) electrons. The zero-order chi connectivity index (χ0) is 36.4. The number of nitrogens with one attached hydrogen (secondary N) is 2. The van der Waals surface area contributed by atoms with Crippen LogP contribution in [0.2, 0.25) is 0 Å². The average molecular weight is 705 g/mol. The van der Waals surface area contributed by atoms with Gasteiger partial charge in [-0.15, -0.1) is 0 Å². The Kier molecular flexibility index (Phi) is 41.5. The summed E-state index contributed by atoms with van der Waals surface area (Å²) in [4.78, 5) is 24.5. The summed E-state index contributed by atoms with van der Waals surface area (Å²) in [5, 5.41) is 6.28. The van der Waals surface area contributed by atoms with Gasteiger partial charge in [-0.1, -0.05) is 219 Å². The van der Waals surface area contributed by atoms with E-state index in [9.17, 15) is 9.59 Å². The number of carbonyl (C=O) groups excluding carboxylic acids is 2. The first-order valence-electron chi connectivity index (χ1n) is 23.2. The summed E-state index contributed by atoms with van der Waals surface area (Å²) in [5.41, 5.74) is 0. The molecular weight excluding hydrogens is 613 g/mol. The molecule has 0 aliphatic carbocycles. The van der Waals surface area contributed by atoms with Crippen LogP contribution >= 0.6 is 0 Å². The van der Waals surface area contributed by atoms with Gasteiger partial charge in [0.1, 0.15) is 0 Å². The van der Waals surface area contributed by atoms with E-state index in [1.54, 1.807) is 0 Å². The van der Waals surface area contributed by atoms with Gasteiger partial charge in [-0.2, -0.15) is 0 Å². The van der Waals surface area contributed by atoms with Gasteiger partial charge in [-0.05, 0) is 39.0 Å². The Labute approximate surface area is 315 Å². The molecule has 0 saturated carbocycles. The molecule has 0 aromatic rings. The second-order valence-electron chi connectivity index (χ2n) is 16.1. The lowest BCUT2D eigenvalue weighted by Crippen LogP contribution is -2.32. The van der Waals surface area contributed by atoms with E-state index >= 15 is 0 Å². The molecule has 2 amide bonds. The number of hydrogen-bond donors (Lipinski definition) is 2. The van der Waals surface area contributed by atoms with E-state index in [4.69, 9.17) is 0 Å². The van der Waals surface area contributed by atoms with Crippen molar-refractivity contribution in [1.29, 1.82) is 0 Å². The van der Waals surface area contributed by atoms with Crippen molar-refractivity contribution in [3.63, 3.8) is 0 Å². The fourth-order valence-electron chi connectivity index (χ4n) is 7.33. The third kappa shape index (κ3) is 41.4. The second-order valence-corrected chi connectivity index (χ2v) is 16.1. The quantitative estimate of drug-likeness (QED) is 0.0621. The summed E-state index contributed by atoms with van der Waals surface area (Å²) in [6, 6.07) is 0.221. The second kappa shape index (κ2) is 42.4. The van der Waals surface area contributed by atoms with E-state index in [1.165, 1.54) is 205 Å². The average Bonchev–Trinajstić information content (AvgIpc) is 3.10. The third-order valence-corrected chi connectivity index (χ3v) is 10.8. The molecule has 1 atom stereocenters. The van der Waals surface area contributed by atoms with Crippen LogP contribution in [0.5, 0.6) is 0 Å². The van der Waals surface area contributed by atoms with Gasteiger partial charge in [0.25, 0.3) is 0 Å². The van der Waals surface area contributed by atoms with Crippen molar-refractivity contribution in [1.82, 2.24) is 10.6 Å². The minimum Gasteiger partial charge on any atom is -0.356 e. The maximum absolute atomic E-state index is 12.3. The fraction of sp³-hybridized carbons (Fsp3) is 0.957. The zero-order valence-electron chi connectivity index (χ0n) is 34.7. The van der Waals surface area contributed by atoms with Crippen molar-refractivity contribution < 1.29 is 9.59 Å². The van der Waals surface area contributed by atoms with E-state index in [-0.39, 0.29) is 17.9 Å². The van der Waals surface area contributed by atoms with Crippen LogP contribution in [0.1, 0.15) is 271 Å². The largest absolute Gasteiger partial charge is 0.356 e. The van der Waals surface area contributed by atoms with Crippen molar-refractivity contribution in [3.05, 3.63) is 0 Å². The normalized spacial score (nSPS) is 12.0. The van der Waals surface area contributed by atoms with Gasteiger partial charge in [0.05, 0.1) is 0 Å². The lowest BCUT2D eigenvalue weighted by molar-refractivity contribution is -0.122. The predicted molar refractivity (Wildman–Crippen MR) is 222 cm³/mol. The zero-order valence-corrected chi connectivity index (χ0v) is 34.7. The van der Waals surface area contributed by atoms with E-state index in [0.29, 0.717) is 12.8 Å². The van der Waals surface area contributed by atoms with E-state index in [1.807, 2.05) is 0 Å². The van der Waals surface area contributed by atoms with Gasteiger partial charge >= 0.3 is 0 Å². The Morgan fingerprint density at radius 2 is 0.640 bits per heavy atom. The Morgan fingerprint density at radius 1 is 0.360 bits per heavy atom. The van der Waals surface area contributed by atoms with Crippen LogP contribution in [-0.4, -0.2) is 24.4 Å². The van der Waals surface area contributed by atoms with Crippen molar-refractivity contribution in [3.8, 4) is 0 Å². The molecule has 50 heavy (non-hydrogen) atoms. The van der Waals surface area contributed by atoms with Gasteiger partial charge in [0, 0.05) is 25.4 Å². The predicted octanol–water partition coefficient (Wildman–Crippen LogP) is 14.9. The van der Waals surface area contributed by atoms with Gasteiger partial charge in [0.15, 0.2) is 0 Å². The van der Waals surface area contributed by atoms with E-state index < -0.39 is 0 Å². The molecule has 0 heterocycles. The number of carbonyl (C=O) groups is 2. The smallest absolute Gasteiger partial charge is 0.220 e. The third-order valence-electron chi connectivity index (χ3n) is 10.8. The fourth-order valence-corrected chi connectivity index (χ4v) is 7.33. The first-order chi connectivity index (χ1) is 24.6. The van der Waals surface area contributed by atoms with Gasteiger partial charge in [0.2, 0.25) is 11.8 Å². The summed E-state index contributed by atoms with van der Waals surface area (Å²) in [5.74, 6) is 0.419. The minimum absolute atomic E-state index is 0.209. The number of unbranched alkanes of at least 4 members (excludes halogenated alkanes) is 33. The highest BCUT2D eigenvalue weighted by Crippen LogP contribution is 2.16. The first-order valence-corrected chi connectivity index (χ1v) is 23.2. The highest BCUT2D eigenvalue weighted by molar-refractivity contribution is 5.76. The number of rotatable bonds is 42. The van der Waals surface area contributed by atoms with Crippen molar-refractivity contribution in [2.24, 2.45) is 0 Å². The molecule has 0 saturated heterocycles. The molecule has 4 heteroatoms. The standard InChI is InChI=1S/C46H92N2O2/c1-4-6-8-10-12-14-16-18-20-22-24-26-28-30-32-34-36-41-45(49)47-43-39-38-40-44(3)48-46(50)42-37-35-33-31-29-27-25-23-21-19-17-15-13-11-9-7-5-2/h44H,4-43H2,1-3H3,(H,47,49)(H,48,50)/t44-/m1/s1. The van der Waals surface area contributed by atoms with Gasteiger partial charge in [-0.25, -0.2) is 0 Å². The molecule has 0 spiro atoms.